The first-order valence-corrected chi connectivity index (χ1v) is 9.51. The van der Waals surface area contributed by atoms with Gasteiger partial charge in [0.15, 0.2) is 6.61 Å². The number of pyridine rings is 1. The molecule has 29 heavy (non-hydrogen) atoms. The van der Waals surface area contributed by atoms with Crippen LogP contribution >= 0.6 is 0 Å². The lowest BCUT2D eigenvalue weighted by molar-refractivity contribution is -0.125. The maximum Gasteiger partial charge on any atom is 0.339 e. The first-order chi connectivity index (χ1) is 13.8. The molecule has 0 aliphatic carbocycles. The van der Waals surface area contributed by atoms with Gasteiger partial charge in [-0.05, 0) is 49.2 Å². The van der Waals surface area contributed by atoms with E-state index >= 15 is 0 Å². The number of benzene rings is 2. The van der Waals surface area contributed by atoms with Crippen molar-refractivity contribution >= 4 is 22.8 Å². The summed E-state index contributed by atoms with van der Waals surface area (Å²) in [7, 11) is 0. The summed E-state index contributed by atoms with van der Waals surface area (Å²) in [5.74, 6) is -0.491. The molecule has 3 aromatic rings. The van der Waals surface area contributed by atoms with Gasteiger partial charge in [0.1, 0.15) is 5.75 Å². The molecule has 0 radical (unpaired) electrons. The number of nitrogens with one attached hydrogen (secondary N) is 1. The number of carbonyl (C=O) groups excluding carboxylic acids is 2. The van der Waals surface area contributed by atoms with Crippen molar-refractivity contribution in [3.05, 3.63) is 60.2 Å². The Morgan fingerprint density at radius 1 is 1.07 bits per heavy atom. The van der Waals surface area contributed by atoms with Crippen molar-refractivity contribution < 1.29 is 19.4 Å². The molecule has 0 spiro atoms. The Morgan fingerprint density at radius 2 is 1.76 bits per heavy atom. The predicted octanol–water partition coefficient (Wildman–Crippen LogP) is 3.92. The second kappa shape index (κ2) is 8.73. The van der Waals surface area contributed by atoms with Crippen molar-refractivity contribution in [1.82, 2.24) is 10.3 Å². The van der Waals surface area contributed by atoms with Gasteiger partial charge in [0.25, 0.3) is 5.91 Å². The number of hydrogen-bond donors (Lipinski definition) is 2. The van der Waals surface area contributed by atoms with Crippen LogP contribution in [0.3, 0.4) is 0 Å². The number of hydrogen-bond acceptors (Lipinski definition) is 5. The summed E-state index contributed by atoms with van der Waals surface area (Å²) >= 11 is 0. The average molecular weight is 392 g/mol. The number of ether oxygens (including phenoxy) is 1. The van der Waals surface area contributed by atoms with Crippen LogP contribution in [0.15, 0.2) is 54.6 Å². The van der Waals surface area contributed by atoms with Gasteiger partial charge in [-0.2, -0.15) is 0 Å². The molecule has 3 rings (SSSR count). The highest BCUT2D eigenvalue weighted by atomic mass is 16.5. The molecule has 1 heterocycles. The lowest BCUT2D eigenvalue weighted by Crippen LogP contribution is -2.38. The number of esters is 1. The Morgan fingerprint density at radius 3 is 2.45 bits per heavy atom. The molecule has 1 amide bonds. The van der Waals surface area contributed by atoms with Gasteiger partial charge in [-0.3, -0.25) is 4.79 Å². The first-order valence-electron chi connectivity index (χ1n) is 9.51. The molecule has 0 unspecified atom stereocenters. The second-order valence-corrected chi connectivity index (χ2v) is 7.30. The number of phenolic OH excluding ortho intramolecular Hbond substituents is 1. The predicted molar refractivity (Wildman–Crippen MR) is 112 cm³/mol. The van der Waals surface area contributed by atoms with Gasteiger partial charge in [0, 0.05) is 17.0 Å². The van der Waals surface area contributed by atoms with Gasteiger partial charge in [-0.15, -0.1) is 0 Å². The van der Waals surface area contributed by atoms with E-state index in [0.717, 1.165) is 5.56 Å². The highest BCUT2D eigenvalue weighted by molar-refractivity contribution is 6.05. The largest absolute Gasteiger partial charge is 0.508 e. The zero-order valence-electron chi connectivity index (χ0n) is 16.7. The zero-order valence-corrected chi connectivity index (χ0v) is 16.7. The van der Waals surface area contributed by atoms with Crippen molar-refractivity contribution in [2.24, 2.45) is 5.92 Å². The summed E-state index contributed by atoms with van der Waals surface area (Å²) in [6, 6.07) is 15.5. The monoisotopic (exact) mass is 392 g/mol. The van der Waals surface area contributed by atoms with Crippen LogP contribution < -0.4 is 5.32 Å². The van der Waals surface area contributed by atoms with Crippen molar-refractivity contribution in [2.45, 2.75) is 26.8 Å². The van der Waals surface area contributed by atoms with Crippen LogP contribution in [0, 0.1) is 5.92 Å². The summed E-state index contributed by atoms with van der Waals surface area (Å²) in [5, 5.41) is 13.0. The molecule has 0 aliphatic rings. The van der Waals surface area contributed by atoms with E-state index < -0.39 is 5.97 Å². The van der Waals surface area contributed by atoms with Gasteiger partial charge in [0.2, 0.25) is 0 Å². The van der Waals surface area contributed by atoms with E-state index in [1.165, 1.54) is 0 Å². The normalized spacial score (nSPS) is 12.0. The van der Waals surface area contributed by atoms with Crippen molar-refractivity contribution in [3.63, 3.8) is 0 Å². The highest BCUT2D eigenvalue weighted by Gasteiger charge is 2.17. The molecule has 0 saturated carbocycles. The van der Waals surface area contributed by atoms with Crippen molar-refractivity contribution in [1.29, 1.82) is 0 Å². The molecule has 1 aromatic heterocycles. The van der Waals surface area contributed by atoms with E-state index in [0.29, 0.717) is 22.2 Å². The molecule has 1 atom stereocenters. The Kier molecular flexibility index (Phi) is 6.12. The van der Waals surface area contributed by atoms with Crippen molar-refractivity contribution in [2.75, 3.05) is 6.61 Å². The van der Waals surface area contributed by atoms with E-state index in [-0.39, 0.29) is 30.2 Å². The van der Waals surface area contributed by atoms with Gasteiger partial charge in [-0.1, -0.05) is 32.0 Å². The fourth-order valence-corrected chi connectivity index (χ4v) is 2.80. The Bertz CT molecular complexity index is 1030. The number of nitrogens with zero attached hydrogens (tertiary/aromatic N) is 1. The number of aromatic hydroxyl groups is 1. The number of phenols is 1. The van der Waals surface area contributed by atoms with Crippen LogP contribution in [0.5, 0.6) is 5.75 Å². The maximum atomic E-state index is 12.8. The van der Waals surface area contributed by atoms with Crippen LogP contribution in [0.25, 0.3) is 22.2 Å². The minimum absolute atomic E-state index is 0.0101. The van der Waals surface area contributed by atoms with Gasteiger partial charge in [-0.25, -0.2) is 9.78 Å². The van der Waals surface area contributed by atoms with Gasteiger partial charge in [0.05, 0.1) is 16.8 Å². The Balaban J connectivity index is 1.86. The van der Waals surface area contributed by atoms with Gasteiger partial charge >= 0.3 is 5.97 Å². The Labute approximate surface area is 169 Å². The minimum atomic E-state index is -0.587. The van der Waals surface area contributed by atoms with E-state index in [9.17, 15) is 14.7 Å². The lowest BCUT2D eigenvalue weighted by atomic mass is 10.0. The molecule has 150 valence electrons. The fraction of sp³-hybridized carbons (Fsp3) is 0.261. The van der Waals surface area contributed by atoms with E-state index in [4.69, 9.17) is 4.74 Å². The Hall–Kier alpha value is -3.41. The third kappa shape index (κ3) is 4.90. The summed E-state index contributed by atoms with van der Waals surface area (Å²) in [4.78, 5) is 29.4. The standard InChI is InChI=1S/C23H24N2O4/c1-14(2)15(3)24-22(27)13-29-23(28)19-12-21(16-8-10-17(26)11-9-16)25-20-7-5-4-6-18(19)20/h4-12,14-15,26H,13H2,1-3H3,(H,24,27)/t15-/m1/s1. The zero-order chi connectivity index (χ0) is 21.0. The SMILES string of the molecule is CC(C)[C@@H](C)NC(=O)COC(=O)c1cc(-c2ccc(O)cc2)nc2ccccc12. The summed E-state index contributed by atoms with van der Waals surface area (Å²) in [6.07, 6.45) is 0. The number of aromatic nitrogens is 1. The van der Waals surface area contributed by atoms with Crippen LogP contribution in [-0.4, -0.2) is 34.6 Å². The smallest absolute Gasteiger partial charge is 0.339 e. The molecular weight excluding hydrogens is 368 g/mol. The number of amides is 1. The molecule has 2 aromatic carbocycles. The summed E-state index contributed by atoms with van der Waals surface area (Å²) < 4.78 is 5.27. The van der Waals surface area contributed by atoms with E-state index in [2.05, 4.69) is 10.3 Å². The molecule has 0 saturated heterocycles. The fourth-order valence-electron chi connectivity index (χ4n) is 2.80. The number of fused-ring (bicyclic) bond motifs is 1. The quantitative estimate of drug-likeness (QED) is 0.621. The molecule has 2 N–H and O–H groups in total. The van der Waals surface area contributed by atoms with Crippen LogP contribution in [0.4, 0.5) is 0 Å². The van der Waals surface area contributed by atoms with Crippen LogP contribution in [0.2, 0.25) is 0 Å². The number of para-hydroxylation sites is 1. The van der Waals surface area contributed by atoms with Crippen LogP contribution in [-0.2, 0) is 9.53 Å². The van der Waals surface area contributed by atoms with Gasteiger partial charge < -0.3 is 15.2 Å². The van der Waals surface area contributed by atoms with Crippen molar-refractivity contribution in [3.8, 4) is 17.0 Å². The molecule has 0 bridgehead atoms. The molecular formula is C23H24N2O4. The number of rotatable bonds is 6. The third-order valence-electron chi connectivity index (χ3n) is 4.82. The number of carbonyl (C=O) groups is 2. The van der Waals surface area contributed by atoms with E-state index in [1.54, 1.807) is 36.4 Å². The first kappa shape index (κ1) is 20.3. The summed E-state index contributed by atoms with van der Waals surface area (Å²) in [6.45, 7) is 5.57. The molecule has 0 aliphatic heterocycles. The van der Waals surface area contributed by atoms with E-state index in [1.807, 2.05) is 39.0 Å². The topological polar surface area (TPSA) is 88.5 Å². The molecule has 6 heteroatoms. The molecule has 0 fully saturated rings. The van der Waals surface area contributed by atoms with Crippen LogP contribution in [0.1, 0.15) is 31.1 Å². The summed E-state index contributed by atoms with van der Waals surface area (Å²) in [5.41, 5.74) is 2.31. The second-order valence-electron chi connectivity index (χ2n) is 7.30. The highest BCUT2D eigenvalue weighted by Crippen LogP contribution is 2.26. The lowest BCUT2D eigenvalue weighted by Gasteiger charge is -2.17. The maximum absolute atomic E-state index is 12.8. The molecule has 6 nitrogen and oxygen atoms in total. The average Bonchev–Trinajstić information content (AvgIpc) is 2.71. The minimum Gasteiger partial charge on any atom is -0.508 e. The third-order valence-corrected chi connectivity index (χ3v) is 4.82.